The van der Waals surface area contributed by atoms with Crippen LogP contribution in [0, 0.1) is 12.7 Å². The van der Waals surface area contributed by atoms with Gasteiger partial charge in [0.15, 0.2) is 12.4 Å². The van der Waals surface area contributed by atoms with Gasteiger partial charge < -0.3 is 10.1 Å². The lowest BCUT2D eigenvalue weighted by molar-refractivity contribution is -0.119. The number of halogens is 3. The number of hydrogen-bond donors (Lipinski definition) is 1. The molecule has 0 unspecified atom stereocenters. The largest absolute Gasteiger partial charge is 0.452 e. The Morgan fingerprint density at radius 1 is 1.16 bits per heavy atom. The van der Waals surface area contributed by atoms with E-state index in [1.54, 1.807) is 20.8 Å². The Kier molecular flexibility index (Phi) is 8.35. The predicted octanol–water partition coefficient (Wildman–Crippen LogP) is 3.66. The highest BCUT2D eigenvalue weighted by Crippen LogP contribution is 2.25. The van der Waals surface area contributed by atoms with Crippen LogP contribution in [-0.4, -0.2) is 49.3 Å². The fraction of sp³-hybridized carbons (Fsp3) is 0.316. The molecule has 1 aromatic carbocycles. The van der Waals surface area contributed by atoms with Gasteiger partial charge in [-0.15, -0.1) is 0 Å². The number of ether oxygens (including phenoxy) is 1. The van der Waals surface area contributed by atoms with Gasteiger partial charge in [0.1, 0.15) is 10.7 Å². The number of pyridine rings is 1. The van der Waals surface area contributed by atoms with Crippen LogP contribution in [0.1, 0.15) is 29.9 Å². The van der Waals surface area contributed by atoms with Crippen LogP contribution in [0.25, 0.3) is 0 Å². The van der Waals surface area contributed by atoms with E-state index in [9.17, 15) is 22.4 Å². The van der Waals surface area contributed by atoms with Crippen LogP contribution in [0.4, 0.5) is 10.2 Å². The topological polar surface area (TPSA) is 106 Å². The van der Waals surface area contributed by atoms with E-state index in [1.807, 2.05) is 0 Å². The maximum Gasteiger partial charge on any atom is 0.338 e. The molecule has 0 saturated heterocycles. The van der Waals surface area contributed by atoms with E-state index >= 15 is 0 Å². The van der Waals surface area contributed by atoms with Crippen molar-refractivity contribution in [2.45, 2.75) is 25.7 Å². The zero-order valence-corrected chi connectivity index (χ0v) is 19.2. The lowest BCUT2D eigenvalue weighted by Gasteiger charge is -2.19. The Morgan fingerprint density at radius 2 is 1.81 bits per heavy atom. The molecule has 168 valence electrons. The summed E-state index contributed by atoms with van der Waals surface area (Å²) in [6.07, 6.45) is 0. The average Bonchev–Trinajstić information content (AvgIpc) is 2.71. The molecule has 0 aliphatic carbocycles. The molecule has 0 aliphatic heterocycles. The van der Waals surface area contributed by atoms with E-state index < -0.39 is 39.2 Å². The van der Waals surface area contributed by atoms with Gasteiger partial charge >= 0.3 is 5.97 Å². The number of nitrogens with one attached hydrogen (secondary N) is 1. The first-order valence-corrected chi connectivity index (χ1v) is 11.3. The Bertz CT molecular complexity index is 1110. The third-order valence-electron chi connectivity index (χ3n) is 4.19. The number of anilines is 1. The SMILES string of the molecule is CCN(CC)S(=O)(=O)c1cc(C(=O)OCC(=O)Nc2nc(C)c(Cl)cc2Cl)ccc1F. The minimum Gasteiger partial charge on any atom is -0.452 e. The highest BCUT2D eigenvalue weighted by Gasteiger charge is 2.27. The fourth-order valence-corrected chi connectivity index (χ4v) is 4.51. The van der Waals surface area contributed by atoms with Crippen molar-refractivity contribution >= 4 is 50.9 Å². The van der Waals surface area contributed by atoms with Crippen molar-refractivity contribution in [2.75, 3.05) is 25.0 Å². The zero-order valence-electron chi connectivity index (χ0n) is 16.9. The quantitative estimate of drug-likeness (QED) is 0.564. The van der Waals surface area contributed by atoms with Crippen LogP contribution in [0.2, 0.25) is 10.0 Å². The van der Waals surface area contributed by atoms with Gasteiger partial charge in [0.25, 0.3) is 5.91 Å². The van der Waals surface area contributed by atoms with Crippen molar-refractivity contribution in [1.29, 1.82) is 0 Å². The molecule has 2 rings (SSSR count). The number of nitrogens with zero attached hydrogens (tertiary/aromatic N) is 2. The molecule has 0 fully saturated rings. The average molecular weight is 492 g/mol. The summed E-state index contributed by atoms with van der Waals surface area (Å²) in [5.41, 5.74) is 0.213. The molecular weight excluding hydrogens is 472 g/mol. The van der Waals surface area contributed by atoms with Crippen LogP contribution >= 0.6 is 23.2 Å². The molecular formula is C19H20Cl2FN3O5S. The minimum atomic E-state index is -4.13. The predicted molar refractivity (Wildman–Crippen MR) is 114 cm³/mol. The first-order valence-electron chi connectivity index (χ1n) is 9.10. The van der Waals surface area contributed by atoms with Crippen LogP contribution < -0.4 is 5.32 Å². The van der Waals surface area contributed by atoms with Gasteiger partial charge in [0.2, 0.25) is 10.0 Å². The second-order valence-electron chi connectivity index (χ2n) is 6.24. The highest BCUT2D eigenvalue weighted by molar-refractivity contribution is 7.89. The number of hydrogen-bond acceptors (Lipinski definition) is 6. The molecule has 1 N–H and O–H groups in total. The summed E-state index contributed by atoms with van der Waals surface area (Å²) >= 11 is 11.8. The number of benzene rings is 1. The van der Waals surface area contributed by atoms with Crippen molar-refractivity contribution in [3.8, 4) is 0 Å². The molecule has 31 heavy (non-hydrogen) atoms. The molecule has 2 aromatic rings. The molecule has 1 amide bonds. The second kappa shape index (κ2) is 10.4. The highest BCUT2D eigenvalue weighted by atomic mass is 35.5. The summed E-state index contributed by atoms with van der Waals surface area (Å²) in [5, 5.41) is 2.80. The van der Waals surface area contributed by atoms with E-state index in [0.29, 0.717) is 10.7 Å². The van der Waals surface area contributed by atoms with E-state index in [4.69, 9.17) is 27.9 Å². The lowest BCUT2D eigenvalue weighted by Crippen LogP contribution is -2.31. The molecule has 0 atom stereocenters. The van der Waals surface area contributed by atoms with Crippen LogP contribution in [-0.2, 0) is 19.6 Å². The molecule has 1 heterocycles. The van der Waals surface area contributed by atoms with Crippen molar-refractivity contribution in [2.24, 2.45) is 0 Å². The number of sulfonamides is 1. The second-order valence-corrected chi connectivity index (χ2v) is 8.97. The summed E-state index contributed by atoms with van der Waals surface area (Å²) in [6.45, 7) is 4.40. The smallest absolute Gasteiger partial charge is 0.338 e. The van der Waals surface area contributed by atoms with Gasteiger partial charge in [-0.1, -0.05) is 37.0 Å². The summed E-state index contributed by atoms with van der Waals surface area (Å²) in [4.78, 5) is 27.7. The van der Waals surface area contributed by atoms with Crippen LogP contribution in [0.5, 0.6) is 0 Å². The van der Waals surface area contributed by atoms with Gasteiger partial charge in [0, 0.05) is 13.1 Å². The zero-order chi connectivity index (χ0) is 23.3. The maximum absolute atomic E-state index is 14.2. The van der Waals surface area contributed by atoms with Gasteiger partial charge in [-0.05, 0) is 31.2 Å². The standard InChI is InChI=1S/C19H20Cl2FN3O5S/c1-4-25(5-2)31(28,29)16-8-12(6-7-15(16)22)19(27)30-10-17(26)24-18-14(21)9-13(20)11(3)23-18/h6-9H,4-5,10H2,1-3H3,(H,23,24,26). The summed E-state index contributed by atoms with van der Waals surface area (Å²) < 4.78 is 45.3. The normalized spacial score (nSPS) is 11.5. The lowest BCUT2D eigenvalue weighted by atomic mass is 10.2. The molecule has 8 nitrogen and oxygen atoms in total. The third-order valence-corrected chi connectivity index (χ3v) is 6.92. The molecule has 0 radical (unpaired) electrons. The first kappa shape index (κ1) is 25.0. The van der Waals surface area contributed by atoms with Crippen molar-refractivity contribution in [1.82, 2.24) is 9.29 Å². The van der Waals surface area contributed by atoms with Gasteiger partial charge in [-0.25, -0.2) is 22.6 Å². The number of carbonyl (C=O) groups is 2. The third kappa shape index (κ3) is 5.91. The van der Waals surface area contributed by atoms with Crippen molar-refractivity contribution < 1.29 is 27.1 Å². The summed E-state index contributed by atoms with van der Waals surface area (Å²) in [5.74, 6) is -2.70. The molecule has 12 heteroatoms. The Hall–Kier alpha value is -2.27. The van der Waals surface area contributed by atoms with E-state index in [0.717, 1.165) is 22.5 Å². The number of rotatable bonds is 8. The van der Waals surface area contributed by atoms with Crippen molar-refractivity contribution in [3.63, 3.8) is 0 Å². The van der Waals surface area contributed by atoms with E-state index in [-0.39, 0.29) is 29.5 Å². The number of esters is 1. The van der Waals surface area contributed by atoms with Crippen LogP contribution in [0.15, 0.2) is 29.2 Å². The molecule has 0 spiro atoms. The number of aromatic nitrogens is 1. The first-order chi connectivity index (χ1) is 14.5. The molecule has 1 aromatic heterocycles. The summed E-state index contributed by atoms with van der Waals surface area (Å²) in [7, 11) is -4.13. The molecule has 0 bridgehead atoms. The van der Waals surface area contributed by atoms with Crippen LogP contribution in [0.3, 0.4) is 0 Å². The Morgan fingerprint density at radius 3 is 2.42 bits per heavy atom. The van der Waals surface area contributed by atoms with E-state index in [1.165, 1.54) is 6.07 Å². The minimum absolute atomic E-state index is 0.0407. The van der Waals surface area contributed by atoms with Crippen molar-refractivity contribution in [3.05, 3.63) is 51.4 Å². The van der Waals surface area contributed by atoms with E-state index in [2.05, 4.69) is 10.3 Å². The monoisotopic (exact) mass is 491 g/mol. The van der Waals surface area contributed by atoms with Gasteiger partial charge in [-0.2, -0.15) is 4.31 Å². The van der Waals surface area contributed by atoms with Gasteiger partial charge in [-0.3, -0.25) is 4.79 Å². The summed E-state index contributed by atoms with van der Waals surface area (Å²) in [6, 6.07) is 4.21. The Balaban J connectivity index is 2.13. The molecule has 0 saturated carbocycles. The molecule has 0 aliphatic rings. The number of carbonyl (C=O) groups excluding carboxylic acids is 2. The Labute approximate surface area is 189 Å². The van der Waals surface area contributed by atoms with Gasteiger partial charge in [0.05, 0.1) is 21.3 Å². The fourth-order valence-electron chi connectivity index (χ4n) is 2.56. The maximum atomic E-state index is 14.2. The number of amides is 1. The number of aryl methyl sites for hydroxylation is 1.